The van der Waals surface area contributed by atoms with Crippen molar-refractivity contribution < 1.29 is 5.11 Å². The van der Waals surface area contributed by atoms with E-state index in [0.717, 1.165) is 16.8 Å². The largest absolute Gasteiger partial charge is 0.503 e. The number of hydrogen-bond donors (Lipinski definition) is 2. The van der Waals surface area contributed by atoms with Gasteiger partial charge in [0.05, 0.1) is 6.57 Å². The Kier molecular flexibility index (Phi) is 4.83. The molecule has 0 fully saturated rings. The highest BCUT2D eigenvalue weighted by Gasteiger charge is 2.23. The summed E-state index contributed by atoms with van der Waals surface area (Å²) in [6.07, 6.45) is 0. The average molecular weight is 358 g/mol. The molecule has 0 aliphatic rings. The second-order valence-electron chi connectivity index (χ2n) is 7.49. The number of benzene rings is 2. The van der Waals surface area contributed by atoms with E-state index in [4.69, 9.17) is 6.57 Å². The Hall–Kier alpha value is -3.39. The molecule has 1 aromatic heterocycles. The van der Waals surface area contributed by atoms with Crippen LogP contribution >= 0.6 is 0 Å². The number of anilines is 2. The lowest BCUT2D eigenvalue weighted by atomic mass is 9.95. The fourth-order valence-electron chi connectivity index (χ4n) is 2.55. The lowest BCUT2D eigenvalue weighted by Gasteiger charge is -2.20. The van der Waals surface area contributed by atoms with Crippen LogP contribution in [0.2, 0.25) is 0 Å². The Morgan fingerprint density at radius 3 is 2.15 bits per heavy atom. The fraction of sp³-hybridized carbons (Fsp3) is 0.227. The van der Waals surface area contributed by atoms with Crippen molar-refractivity contribution in [1.29, 1.82) is 0 Å². The van der Waals surface area contributed by atoms with Crippen molar-refractivity contribution in [2.24, 2.45) is 0 Å². The van der Waals surface area contributed by atoms with Crippen LogP contribution in [-0.2, 0) is 5.41 Å². The lowest BCUT2D eigenvalue weighted by molar-refractivity contribution is 0.468. The smallest absolute Gasteiger partial charge is 0.187 e. The molecule has 5 nitrogen and oxygen atoms in total. The minimum atomic E-state index is -0.280. The molecule has 0 aliphatic heterocycles. The maximum Gasteiger partial charge on any atom is 0.187 e. The zero-order valence-corrected chi connectivity index (χ0v) is 15.9. The van der Waals surface area contributed by atoms with Crippen LogP contribution in [0.1, 0.15) is 32.2 Å². The predicted octanol–water partition coefficient (Wildman–Crippen LogP) is 5.75. The third-order valence-corrected chi connectivity index (χ3v) is 4.14. The van der Waals surface area contributed by atoms with Crippen molar-refractivity contribution in [3.8, 4) is 17.0 Å². The van der Waals surface area contributed by atoms with E-state index in [9.17, 15) is 5.11 Å². The topological polar surface area (TPSA) is 62.4 Å². The molecule has 2 aromatic carbocycles. The average Bonchev–Trinajstić information content (AvgIpc) is 2.64. The quantitative estimate of drug-likeness (QED) is 0.585. The van der Waals surface area contributed by atoms with Crippen molar-refractivity contribution in [1.82, 2.24) is 9.97 Å². The van der Waals surface area contributed by atoms with Crippen molar-refractivity contribution in [2.45, 2.75) is 33.1 Å². The summed E-state index contributed by atoms with van der Waals surface area (Å²) in [4.78, 5) is 12.6. The Morgan fingerprint density at radius 2 is 1.59 bits per heavy atom. The Labute approximate surface area is 159 Å². The number of aromatic hydroxyl groups is 1. The summed E-state index contributed by atoms with van der Waals surface area (Å²) in [6.45, 7) is 15.2. The molecule has 2 N–H and O–H groups in total. The minimum absolute atomic E-state index is 0.00103. The first-order valence-electron chi connectivity index (χ1n) is 8.71. The summed E-state index contributed by atoms with van der Waals surface area (Å²) in [7, 11) is 0. The molecule has 0 saturated heterocycles. The number of nitrogens with one attached hydrogen (secondary N) is 1. The molecule has 0 atom stereocenters. The highest BCUT2D eigenvalue weighted by Crippen LogP contribution is 2.36. The lowest BCUT2D eigenvalue weighted by Crippen LogP contribution is -2.17. The summed E-state index contributed by atoms with van der Waals surface area (Å²) in [5.41, 5.74) is 3.49. The van der Waals surface area contributed by atoms with Gasteiger partial charge in [0, 0.05) is 16.7 Å². The van der Waals surface area contributed by atoms with Gasteiger partial charge in [-0.05, 0) is 19.1 Å². The van der Waals surface area contributed by atoms with Crippen LogP contribution < -0.4 is 5.32 Å². The van der Waals surface area contributed by atoms with Crippen LogP contribution in [0, 0.1) is 13.5 Å². The third kappa shape index (κ3) is 4.06. The van der Waals surface area contributed by atoms with Gasteiger partial charge in [-0.25, -0.2) is 14.8 Å². The normalized spacial score (nSPS) is 11.1. The van der Waals surface area contributed by atoms with Crippen molar-refractivity contribution in [3.63, 3.8) is 0 Å². The molecule has 0 spiro atoms. The van der Waals surface area contributed by atoms with Gasteiger partial charge in [0.15, 0.2) is 17.3 Å². The van der Waals surface area contributed by atoms with E-state index in [-0.39, 0.29) is 11.2 Å². The Bertz CT molecular complexity index is 995. The highest BCUT2D eigenvalue weighted by atomic mass is 16.3. The predicted molar refractivity (Wildman–Crippen MR) is 109 cm³/mol. The molecular formula is C22H22N4O. The summed E-state index contributed by atoms with van der Waals surface area (Å²) < 4.78 is 0. The Morgan fingerprint density at radius 1 is 0.963 bits per heavy atom. The van der Waals surface area contributed by atoms with E-state index >= 15 is 0 Å². The standard InChI is InChI=1S/C22H22N4O/c1-14-6-8-15(9-7-14)18-19(27)20(26-21(25-18)22(2,3)4)24-17-12-10-16(23-5)11-13-17/h6-13,27H,1-4H3,(H,24,25,26). The summed E-state index contributed by atoms with van der Waals surface area (Å²) >= 11 is 0. The Balaban J connectivity index is 2.10. The first-order chi connectivity index (χ1) is 12.8. The first-order valence-corrected chi connectivity index (χ1v) is 8.71. The van der Waals surface area contributed by atoms with Gasteiger partial charge in [0.1, 0.15) is 11.5 Å². The van der Waals surface area contributed by atoms with Gasteiger partial charge in [0.25, 0.3) is 0 Å². The van der Waals surface area contributed by atoms with Crippen LogP contribution in [0.5, 0.6) is 5.75 Å². The van der Waals surface area contributed by atoms with Gasteiger partial charge >= 0.3 is 0 Å². The number of aromatic nitrogens is 2. The number of hydrogen-bond acceptors (Lipinski definition) is 4. The van der Waals surface area contributed by atoms with E-state index in [2.05, 4.69) is 20.1 Å². The molecule has 0 amide bonds. The van der Waals surface area contributed by atoms with Crippen LogP contribution in [0.3, 0.4) is 0 Å². The summed E-state index contributed by atoms with van der Waals surface area (Å²) in [5, 5.41) is 14.0. The number of nitrogens with zero attached hydrogens (tertiary/aromatic N) is 3. The molecule has 0 unspecified atom stereocenters. The maximum absolute atomic E-state index is 10.8. The van der Waals surface area contributed by atoms with Crippen LogP contribution in [0.15, 0.2) is 48.5 Å². The molecule has 0 aliphatic carbocycles. The monoisotopic (exact) mass is 358 g/mol. The summed E-state index contributed by atoms with van der Waals surface area (Å²) in [6, 6.07) is 14.9. The van der Waals surface area contributed by atoms with Gasteiger partial charge in [-0.2, -0.15) is 0 Å². The van der Waals surface area contributed by atoms with E-state index < -0.39 is 0 Å². The van der Waals surface area contributed by atoms with E-state index in [1.54, 1.807) is 24.3 Å². The second-order valence-corrected chi connectivity index (χ2v) is 7.49. The van der Waals surface area contributed by atoms with Crippen molar-refractivity contribution >= 4 is 17.2 Å². The van der Waals surface area contributed by atoms with Gasteiger partial charge in [-0.15, -0.1) is 0 Å². The molecule has 3 rings (SSSR count). The molecule has 0 saturated carbocycles. The maximum atomic E-state index is 10.8. The van der Waals surface area contributed by atoms with Crippen LogP contribution in [0.4, 0.5) is 17.2 Å². The molecule has 1 heterocycles. The van der Waals surface area contributed by atoms with Gasteiger partial charge in [-0.3, -0.25) is 0 Å². The third-order valence-electron chi connectivity index (χ3n) is 4.14. The van der Waals surface area contributed by atoms with Gasteiger partial charge in [0.2, 0.25) is 0 Å². The van der Waals surface area contributed by atoms with Crippen molar-refractivity contribution in [3.05, 3.63) is 71.3 Å². The van der Waals surface area contributed by atoms with Crippen molar-refractivity contribution in [2.75, 3.05) is 5.32 Å². The zero-order chi connectivity index (χ0) is 19.6. The molecule has 0 bridgehead atoms. The minimum Gasteiger partial charge on any atom is -0.503 e. The zero-order valence-electron chi connectivity index (χ0n) is 15.9. The molecule has 5 heteroatoms. The van der Waals surface area contributed by atoms with Crippen LogP contribution in [-0.4, -0.2) is 15.1 Å². The molecular weight excluding hydrogens is 336 g/mol. The first kappa shape index (κ1) is 18.4. The number of aryl methyl sites for hydroxylation is 1. The molecule has 0 radical (unpaired) electrons. The fourth-order valence-corrected chi connectivity index (χ4v) is 2.55. The SMILES string of the molecule is [C-]#[N+]c1ccc(Nc2nc(C(C)(C)C)nc(-c3ccc(C)cc3)c2O)cc1. The number of rotatable bonds is 3. The van der Waals surface area contributed by atoms with E-state index in [1.165, 1.54) is 0 Å². The van der Waals surface area contributed by atoms with Gasteiger partial charge < -0.3 is 10.4 Å². The summed E-state index contributed by atoms with van der Waals surface area (Å²) in [5.74, 6) is 0.985. The van der Waals surface area contributed by atoms with Gasteiger partial charge in [-0.1, -0.05) is 62.7 Å². The van der Waals surface area contributed by atoms with E-state index in [0.29, 0.717) is 23.0 Å². The van der Waals surface area contributed by atoms with E-state index in [1.807, 2.05) is 52.0 Å². The highest BCUT2D eigenvalue weighted by molar-refractivity contribution is 5.75. The van der Waals surface area contributed by atoms with Crippen LogP contribution in [0.25, 0.3) is 16.1 Å². The molecule has 27 heavy (non-hydrogen) atoms. The molecule has 3 aromatic rings. The molecule has 136 valence electrons. The second kappa shape index (κ2) is 7.08.